The summed E-state index contributed by atoms with van der Waals surface area (Å²) in [6.07, 6.45) is 1.24. The molecule has 0 saturated carbocycles. The molecule has 0 spiro atoms. The molecule has 0 saturated heterocycles. The highest BCUT2D eigenvalue weighted by atomic mass is 79.9. The molecule has 0 bridgehead atoms. The highest BCUT2D eigenvalue weighted by Crippen LogP contribution is 2.27. The number of hydrogen-bond donors (Lipinski definition) is 4. The average molecular weight is 496 g/mol. The Balaban J connectivity index is 1.72. The molecule has 27 heavy (non-hydrogen) atoms. The fraction of sp³-hybridized carbons (Fsp3) is 0. The summed E-state index contributed by atoms with van der Waals surface area (Å²) in [7, 11) is 0. The van der Waals surface area contributed by atoms with Crippen LogP contribution >= 0.6 is 31.9 Å². The second-order valence-corrected chi connectivity index (χ2v) is 7.15. The standard InChI is InChI=1S/C17H13Br2FN6O/c18-10-3-1-9(2-4-10)17(27)26-25-16-14(21)15(22-8-23-16)24-13-6-5-11(19)7-12(13)20/h1-8H,21H2,(H,26,27)(H2,22,23,24,25). The molecule has 0 aliphatic rings. The molecule has 138 valence electrons. The van der Waals surface area contributed by atoms with E-state index in [1.807, 2.05) is 0 Å². The van der Waals surface area contributed by atoms with Crippen molar-refractivity contribution in [3.8, 4) is 0 Å². The molecule has 0 unspecified atom stereocenters. The number of carbonyl (C=O) groups is 1. The van der Waals surface area contributed by atoms with Gasteiger partial charge in [0.1, 0.15) is 17.8 Å². The minimum atomic E-state index is -0.472. The lowest BCUT2D eigenvalue weighted by Gasteiger charge is -2.13. The molecule has 7 nitrogen and oxygen atoms in total. The summed E-state index contributed by atoms with van der Waals surface area (Å²) in [5, 5.41) is 2.80. The average Bonchev–Trinajstić information content (AvgIpc) is 2.65. The van der Waals surface area contributed by atoms with Crippen LogP contribution in [0.15, 0.2) is 57.7 Å². The van der Waals surface area contributed by atoms with Crippen molar-refractivity contribution in [3.05, 3.63) is 69.1 Å². The Bertz CT molecular complexity index is 984. The van der Waals surface area contributed by atoms with Crippen LogP contribution in [0.2, 0.25) is 0 Å². The summed E-state index contributed by atoms with van der Waals surface area (Å²) < 4.78 is 15.5. The van der Waals surface area contributed by atoms with E-state index in [1.54, 1.807) is 36.4 Å². The maximum Gasteiger partial charge on any atom is 0.269 e. The molecular weight excluding hydrogens is 483 g/mol. The number of halogens is 3. The van der Waals surface area contributed by atoms with Crippen LogP contribution in [0.5, 0.6) is 0 Å². The Morgan fingerprint density at radius 1 is 1.00 bits per heavy atom. The van der Waals surface area contributed by atoms with Crippen molar-refractivity contribution in [3.63, 3.8) is 0 Å². The van der Waals surface area contributed by atoms with E-state index in [9.17, 15) is 9.18 Å². The molecule has 0 atom stereocenters. The minimum Gasteiger partial charge on any atom is -0.393 e. The first-order valence-electron chi connectivity index (χ1n) is 7.58. The molecule has 0 aliphatic carbocycles. The number of benzene rings is 2. The van der Waals surface area contributed by atoms with Crippen molar-refractivity contribution < 1.29 is 9.18 Å². The van der Waals surface area contributed by atoms with Crippen molar-refractivity contribution in [2.75, 3.05) is 16.5 Å². The van der Waals surface area contributed by atoms with Gasteiger partial charge in [0.2, 0.25) is 0 Å². The van der Waals surface area contributed by atoms with Gasteiger partial charge in [-0.15, -0.1) is 0 Å². The number of nitrogen functional groups attached to an aromatic ring is 1. The predicted octanol–water partition coefficient (Wildman–Crippen LogP) is 4.22. The molecule has 0 aliphatic heterocycles. The summed E-state index contributed by atoms with van der Waals surface area (Å²) in [5.74, 6) is -0.462. The van der Waals surface area contributed by atoms with E-state index >= 15 is 0 Å². The van der Waals surface area contributed by atoms with Crippen LogP contribution in [0.25, 0.3) is 0 Å². The molecule has 2 aromatic carbocycles. The first-order chi connectivity index (χ1) is 12.9. The number of amides is 1. The van der Waals surface area contributed by atoms with Gasteiger partial charge in [-0.1, -0.05) is 31.9 Å². The second kappa shape index (κ2) is 8.31. The molecule has 5 N–H and O–H groups in total. The maximum absolute atomic E-state index is 14.0. The third kappa shape index (κ3) is 4.72. The van der Waals surface area contributed by atoms with Crippen molar-refractivity contribution >= 4 is 60.8 Å². The zero-order valence-electron chi connectivity index (χ0n) is 13.6. The van der Waals surface area contributed by atoms with E-state index in [2.05, 4.69) is 58.0 Å². The zero-order chi connectivity index (χ0) is 19.4. The maximum atomic E-state index is 14.0. The normalized spacial score (nSPS) is 10.3. The quantitative estimate of drug-likeness (QED) is 0.395. The lowest BCUT2D eigenvalue weighted by atomic mass is 10.2. The number of rotatable bonds is 5. The monoisotopic (exact) mass is 494 g/mol. The van der Waals surface area contributed by atoms with Gasteiger partial charge in [-0.3, -0.25) is 15.6 Å². The van der Waals surface area contributed by atoms with Gasteiger partial charge in [0.15, 0.2) is 11.6 Å². The lowest BCUT2D eigenvalue weighted by Crippen LogP contribution is -2.30. The first-order valence-corrected chi connectivity index (χ1v) is 9.17. The number of carbonyl (C=O) groups excluding carboxylic acids is 1. The topological polar surface area (TPSA) is 105 Å². The number of nitrogens with one attached hydrogen (secondary N) is 3. The van der Waals surface area contributed by atoms with E-state index in [1.165, 1.54) is 12.4 Å². The Hall–Kier alpha value is -2.72. The number of aromatic nitrogens is 2. The van der Waals surface area contributed by atoms with Crippen LogP contribution in [0.1, 0.15) is 10.4 Å². The van der Waals surface area contributed by atoms with Crippen LogP contribution < -0.4 is 21.9 Å². The molecule has 1 aromatic heterocycles. The Morgan fingerprint density at radius 3 is 2.37 bits per heavy atom. The third-order valence-electron chi connectivity index (χ3n) is 3.47. The van der Waals surface area contributed by atoms with Crippen LogP contribution in [-0.4, -0.2) is 15.9 Å². The fourth-order valence-corrected chi connectivity index (χ4v) is 2.70. The molecular formula is C17H13Br2FN6O. The summed E-state index contributed by atoms with van der Waals surface area (Å²) in [6.45, 7) is 0. The van der Waals surface area contributed by atoms with Crippen LogP contribution in [0, 0.1) is 5.82 Å². The van der Waals surface area contributed by atoms with Gasteiger partial charge < -0.3 is 11.1 Å². The zero-order valence-corrected chi connectivity index (χ0v) is 16.8. The Labute approximate surface area is 170 Å². The molecule has 1 heterocycles. The van der Waals surface area contributed by atoms with E-state index < -0.39 is 5.82 Å². The Kier molecular flexibility index (Phi) is 5.87. The van der Waals surface area contributed by atoms with Gasteiger partial charge in [-0.2, -0.15) is 0 Å². The summed E-state index contributed by atoms with van der Waals surface area (Å²) in [4.78, 5) is 20.1. The molecule has 3 rings (SSSR count). The summed E-state index contributed by atoms with van der Waals surface area (Å²) in [5.41, 5.74) is 11.9. The second-order valence-electron chi connectivity index (χ2n) is 5.32. The van der Waals surface area contributed by atoms with Crippen molar-refractivity contribution in [2.45, 2.75) is 0 Å². The van der Waals surface area contributed by atoms with Gasteiger partial charge >= 0.3 is 0 Å². The van der Waals surface area contributed by atoms with Gasteiger partial charge in [0.05, 0.1) is 5.69 Å². The number of nitrogens with zero attached hydrogens (tertiary/aromatic N) is 2. The van der Waals surface area contributed by atoms with E-state index in [0.717, 1.165) is 4.47 Å². The van der Waals surface area contributed by atoms with Gasteiger partial charge in [0.25, 0.3) is 5.91 Å². The van der Waals surface area contributed by atoms with Crippen LogP contribution in [0.4, 0.5) is 27.4 Å². The molecule has 0 fully saturated rings. The highest BCUT2D eigenvalue weighted by Gasteiger charge is 2.12. The van der Waals surface area contributed by atoms with E-state index in [0.29, 0.717) is 10.0 Å². The van der Waals surface area contributed by atoms with Gasteiger partial charge in [-0.25, -0.2) is 14.4 Å². The van der Waals surface area contributed by atoms with Gasteiger partial charge in [-0.05, 0) is 42.5 Å². The van der Waals surface area contributed by atoms with Gasteiger partial charge in [0, 0.05) is 14.5 Å². The number of hydrogen-bond acceptors (Lipinski definition) is 6. The summed E-state index contributed by atoms with van der Waals surface area (Å²) in [6, 6.07) is 11.4. The van der Waals surface area contributed by atoms with Crippen molar-refractivity contribution in [2.24, 2.45) is 0 Å². The minimum absolute atomic E-state index is 0.121. The number of nitrogens with two attached hydrogens (primary N) is 1. The number of anilines is 4. The van der Waals surface area contributed by atoms with Crippen LogP contribution in [-0.2, 0) is 0 Å². The fourth-order valence-electron chi connectivity index (χ4n) is 2.10. The molecule has 10 heteroatoms. The highest BCUT2D eigenvalue weighted by molar-refractivity contribution is 9.10. The van der Waals surface area contributed by atoms with Crippen molar-refractivity contribution in [1.82, 2.24) is 15.4 Å². The molecule has 0 radical (unpaired) electrons. The van der Waals surface area contributed by atoms with E-state index in [-0.39, 0.29) is 28.9 Å². The Morgan fingerprint density at radius 2 is 1.67 bits per heavy atom. The smallest absolute Gasteiger partial charge is 0.269 e. The first kappa shape index (κ1) is 19.1. The third-order valence-corrected chi connectivity index (χ3v) is 4.49. The molecule has 1 amide bonds. The van der Waals surface area contributed by atoms with Crippen LogP contribution in [0.3, 0.4) is 0 Å². The largest absolute Gasteiger partial charge is 0.393 e. The molecule has 3 aromatic rings. The number of hydrazine groups is 1. The lowest BCUT2D eigenvalue weighted by molar-refractivity contribution is 0.0962. The summed E-state index contributed by atoms with van der Waals surface area (Å²) >= 11 is 6.50. The van der Waals surface area contributed by atoms with E-state index in [4.69, 9.17) is 5.73 Å². The van der Waals surface area contributed by atoms with Crippen molar-refractivity contribution in [1.29, 1.82) is 0 Å². The predicted molar refractivity (Wildman–Crippen MR) is 109 cm³/mol. The SMILES string of the molecule is Nc1c(NNC(=O)c2ccc(Br)cc2)ncnc1Nc1ccc(Br)cc1F.